The summed E-state index contributed by atoms with van der Waals surface area (Å²) in [6.07, 6.45) is 0. The lowest BCUT2D eigenvalue weighted by atomic mass is 10.4. The predicted octanol–water partition coefficient (Wildman–Crippen LogP) is 4.67. The van der Waals surface area contributed by atoms with E-state index >= 15 is 4.39 Å². The van der Waals surface area contributed by atoms with E-state index in [0.717, 1.165) is 15.9 Å². The van der Waals surface area contributed by atoms with Gasteiger partial charge in [-0.2, -0.15) is 4.39 Å². The van der Waals surface area contributed by atoms with Crippen LogP contribution >= 0.6 is 29.9 Å². The van der Waals surface area contributed by atoms with Gasteiger partial charge in [-0.05, 0) is 36.4 Å². The van der Waals surface area contributed by atoms with Crippen LogP contribution in [0, 0.1) is 0 Å². The zero-order chi connectivity index (χ0) is 15.4. The molecule has 0 heterocycles. The van der Waals surface area contributed by atoms with Crippen LogP contribution < -0.4 is 15.9 Å². The summed E-state index contributed by atoms with van der Waals surface area (Å²) in [5.74, 6) is 0. The molecule has 0 spiro atoms. The van der Waals surface area contributed by atoms with Crippen LogP contribution in [0.5, 0.6) is 0 Å². The second-order valence-electron chi connectivity index (χ2n) is 5.01. The Hall–Kier alpha value is -1.25. The third kappa shape index (κ3) is 2.70. The lowest BCUT2D eigenvalue weighted by Crippen LogP contribution is -2.35. The maximum absolute atomic E-state index is 15.1. The highest BCUT2D eigenvalue weighted by molar-refractivity contribution is 14.1. The highest BCUT2D eigenvalue weighted by Crippen LogP contribution is 2.62. The Morgan fingerprint density at radius 1 is 0.591 bits per heavy atom. The van der Waals surface area contributed by atoms with E-state index in [4.69, 9.17) is 0 Å². The van der Waals surface area contributed by atoms with E-state index in [1.54, 1.807) is 0 Å². The fourth-order valence-corrected chi connectivity index (χ4v) is 9.17. The van der Waals surface area contributed by atoms with Gasteiger partial charge in [0, 0.05) is 22.6 Å². The molecular weight excluding hydrogens is 405 g/mol. The first kappa shape index (κ1) is 15.6. The number of rotatable bonds is 4. The van der Waals surface area contributed by atoms with Crippen molar-refractivity contribution in [2.75, 3.05) is 0 Å². The lowest BCUT2D eigenvalue weighted by Gasteiger charge is -2.27. The van der Waals surface area contributed by atoms with Crippen LogP contribution in [0.2, 0.25) is 0 Å². The second kappa shape index (κ2) is 6.89. The van der Waals surface area contributed by atoms with Gasteiger partial charge >= 0.3 is 0 Å². The molecule has 0 bridgehead atoms. The van der Waals surface area contributed by atoms with Gasteiger partial charge in [0.15, 0.2) is 7.26 Å². The quantitative estimate of drug-likeness (QED) is 0.327. The fraction of sp³-hybridized carbons (Fsp3) is 0.0526. The normalized spacial score (nSPS) is 12.8. The van der Waals surface area contributed by atoms with Crippen molar-refractivity contribution >= 4 is 45.8 Å². The summed E-state index contributed by atoms with van der Waals surface area (Å²) in [5, 5.41) is 3.23. The van der Waals surface area contributed by atoms with Gasteiger partial charge in [-0.1, -0.05) is 54.6 Å². The van der Waals surface area contributed by atoms with E-state index in [1.807, 2.05) is 77.2 Å². The standard InChI is InChI=1S/C19H16FIP/c20-19(21)22(16-10-4-1-5-11-16,17-12-6-2-7-13-17)18-14-8-3-9-15-18/h1-15,19H/q+1. The molecule has 0 aromatic heterocycles. The smallest absolute Gasteiger partial charge is 0.191 e. The summed E-state index contributed by atoms with van der Waals surface area (Å²) in [6, 6.07) is 30.2. The van der Waals surface area contributed by atoms with Crippen molar-refractivity contribution in [3.8, 4) is 0 Å². The highest BCUT2D eigenvalue weighted by Gasteiger charge is 2.52. The van der Waals surface area contributed by atoms with Crippen LogP contribution in [0.3, 0.4) is 0 Å². The molecular formula is C19H16FIP+. The Bertz CT molecular complexity index is 618. The molecule has 0 amide bonds. The van der Waals surface area contributed by atoms with Crippen LogP contribution in [-0.2, 0) is 0 Å². The molecule has 3 aromatic carbocycles. The van der Waals surface area contributed by atoms with Gasteiger partial charge in [0.2, 0.25) is 0 Å². The van der Waals surface area contributed by atoms with Crippen molar-refractivity contribution in [1.82, 2.24) is 0 Å². The van der Waals surface area contributed by atoms with Crippen molar-refractivity contribution in [2.45, 2.75) is 3.92 Å². The number of hydrogen-bond donors (Lipinski definition) is 0. The average molecular weight is 421 g/mol. The van der Waals surface area contributed by atoms with Crippen molar-refractivity contribution < 1.29 is 4.39 Å². The molecule has 110 valence electrons. The molecule has 0 saturated carbocycles. The minimum absolute atomic E-state index is 0.975. The molecule has 22 heavy (non-hydrogen) atoms. The maximum atomic E-state index is 15.1. The van der Waals surface area contributed by atoms with E-state index in [0.29, 0.717) is 0 Å². The minimum Gasteiger partial charge on any atom is -0.191 e. The molecule has 0 nitrogen and oxygen atoms in total. The first-order valence-corrected chi connectivity index (χ1v) is 10.2. The van der Waals surface area contributed by atoms with Gasteiger partial charge in [0.1, 0.15) is 15.9 Å². The molecule has 1 atom stereocenters. The average Bonchev–Trinajstić information content (AvgIpc) is 2.58. The van der Waals surface area contributed by atoms with Crippen LogP contribution in [0.1, 0.15) is 0 Å². The molecule has 0 radical (unpaired) electrons. The number of benzene rings is 3. The third-order valence-corrected chi connectivity index (χ3v) is 10.2. The third-order valence-electron chi connectivity index (χ3n) is 3.78. The summed E-state index contributed by atoms with van der Waals surface area (Å²) in [6.45, 7) is 0. The SMILES string of the molecule is FC(I)[P+](c1ccccc1)(c1ccccc1)c1ccccc1. The van der Waals surface area contributed by atoms with E-state index in [-0.39, 0.29) is 0 Å². The number of alkyl halides is 2. The molecule has 0 fully saturated rings. The summed E-state index contributed by atoms with van der Waals surface area (Å²) < 4.78 is 14.1. The lowest BCUT2D eigenvalue weighted by molar-refractivity contribution is 0.579. The van der Waals surface area contributed by atoms with Gasteiger partial charge in [-0.3, -0.25) is 0 Å². The van der Waals surface area contributed by atoms with Gasteiger partial charge in [-0.15, -0.1) is 0 Å². The summed E-state index contributed by atoms with van der Waals surface area (Å²) in [7, 11) is -2.31. The van der Waals surface area contributed by atoms with Crippen molar-refractivity contribution in [3.05, 3.63) is 91.0 Å². The van der Waals surface area contributed by atoms with Crippen molar-refractivity contribution in [2.24, 2.45) is 0 Å². The number of halogens is 2. The van der Waals surface area contributed by atoms with E-state index in [2.05, 4.69) is 36.4 Å². The molecule has 3 heteroatoms. The molecule has 0 saturated heterocycles. The van der Waals surface area contributed by atoms with Crippen LogP contribution in [-0.4, -0.2) is 3.92 Å². The zero-order valence-electron chi connectivity index (χ0n) is 11.9. The molecule has 1 unspecified atom stereocenters. The monoisotopic (exact) mass is 421 g/mol. The molecule has 0 aliphatic carbocycles. The van der Waals surface area contributed by atoms with E-state index in [1.165, 1.54) is 0 Å². The van der Waals surface area contributed by atoms with E-state index < -0.39 is 11.2 Å². The van der Waals surface area contributed by atoms with Crippen LogP contribution in [0.15, 0.2) is 91.0 Å². The Labute approximate surface area is 144 Å². The van der Waals surface area contributed by atoms with Gasteiger partial charge in [0.25, 0.3) is 3.92 Å². The topological polar surface area (TPSA) is 0 Å². The minimum atomic E-state index is -2.31. The van der Waals surface area contributed by atoms with E-state index in [9.17, 15) is 0 Å². The van der Waals surface area contributed by atoms with Gasteiger partial charge in [-0.25, -0.2) is 0 Å². The summed E-state index contributed by atoms with van der Waals surface area (Å²) in [5.41, 5.74) is 0. The summed E-state index contributed by atoms with van der Waals surface area (Å²) >= 11 is 1.95. The fourth-order valence-electron chi connectivity index (χ4n) is 2.77. The Balaban J connectivity index is 2.34. The first-order valence-electron chi connectivity index (χ1n) is 7.10. The Kier molecular flexibility index (Phi) is 4.90. The van der Waals surface area contributed by atoms with Crippen LogP contribution in [0.4, 0.5) is 4.39 Å². The Morgan fingerprint density at radius 3 is 1.09 bits per heavy atom. The van der Waals surface area contributed by atoms with Crippen LogP contribution in [0.25, 0.3) is 0 Å². The van der Waals surface area contributed by atoms with Gasteiger partial charge < -0.3 is 0 Å². The van der Waals surface area contributed by atoms with Crippen molar-refractivity contribution in [3.63, 3.8) is 0 Å². The molecule has 0 aliphatic heterocycles. The van der Waals surface area contributed by atoms with Crippen molar-refractivity contribution in [1.29, 1.82) is 0 Å². The first-order chi connectivity index (χ1) is 10.8. The molecule has 0 N–H and O–H groups in total. The summed E-state index contributed by atoms with van der Waals surface area (Å²) in [4.78, 5) is 0. The largest absolute Gasteiger partial charge is 0.267 e. The second-order valence-corrected chi connectivity index (χ2v) is 10.5. The number of hydrogen-bond acceptors (Lipinski definition) is 0. The van der Waals surface area contributed by atoms with Gasteiger partial charge in [0.05, 0.1) is 0 Å². The molecule has 3 aromatic rings. The predicted molar refractivity (Wildman–Crippen MR) is 104 cm³/mol. The maximum Gasteiger partial charge on any atom is 0.267 e. The zero-order valence-corrected chi connectivity index (χ0v) is 15.0. The highest BCUT2D eigenvalue weighted by atomic mass is 127. The molecule has 3 rings (SSSR count). The Morgan fingerprint density at radius 2 is 0.864 bits per heavy atom. The molecule has 0 aliphatic rings.